The lowest BCUT2D eigenvalue weighted by Crippen LogP contribution is -2.30. The lowest BCUT2D eigenvalue weighted by molar-refractivity contribution is -0.116. The number of aromatic nitrogens is 1. The summed E-state index contributed by atoms with van der Waals surface area (Å²) >= 11 is 1.39. The molecule has 6 aromatic carbocycles. The first-order chi connectivity index (χ1) is 26.8. The number of anilines is 3. The van der Waals surface area contributed by atoms with Crippen LogP contribution in [0, 0.1) is 0 Å². The van der Waals surface area contributed by atoms with E-state index in [-0.39, 0.29) is 11.6 Å². The fourth-order valence-corrected chi connectivity index (χ4v) is 7.62. The van der Waals surface area contributed by atoms with Gasteiger partial charge in [-0.1, -0.05) is 84.9 Å². The molecule has 55 heavy (non-hydrogen) atoms. The number of amides is 3. The fraction of sp³-hybridized carbons (Fsp3) is 0.109. The van der Waals surface area contributed by atoms with Crippen LogP contribution in [-0.4, -0.2) is 36.4 Å². The van der Waals surface area contributed by atoms with Crippen LogP contribution in [0.5, 0.6) is 0 Å². The van der Waals surface area contributed by atoms with Crippen LogP contribution in [0.2, 0.25) is 0 Å². The molecule has 3 amide bonds. The zero-order valence-corrected chi connectivity index (χ0v) is 31.6. The molecule has 1 unspecified atom stereocenters. The third kappa shape index (κ3) is 8.48. The first-order valence-corrected chi connectivity index (χ1v) is 19.0. The van der Waals surface area contributed by atoms with E-state index in [1.165, 1.54) is 11.8 Å². The third-order valence-corrected chi connectivity index (χ3v) is 10.5. The number of carbonyl (C=O) groups is 3. The van der Waals surface area contributed by atoms with E-state index in [9.17, 15) is 14.4 Å². The van der Waals surface area contributed by atoms with E-state index in [0.29, 0.717) is 16.9 Å². The molecule has 0 spiro atoms. The Morgan fingerprint density at radius 3 is 2.09 bits per heavy atom. The molecular formula is C46H41N5O3S. The van der Waals surface area contributed by atoms with Crippen LogP contribution in [-0.2, 0) is 16.1 Å². The summed E-state index contributed by atoms with van der Waals surface area (Å²) in [5, 5.41) is 10.6. The van der Waals surface area contributed by atoms with Crippen molar-refractivity contribution in [1.82, 2.24) is 9.88 Å². The van der Waals surface area contributed by atoms with E-state index < -0.39 is 17.1 Å². The first-order valence-electron chi connectivity index (χ1n) is 18.1. The van der Waals surface area contributed by atoms with E-state index in [1.54, 1.807) is 36.4 Å². The number of hydrogen-bond acceptors (Lipinski definition) is 5. The lowest BCUT2D eigenvalue weighted by Gasteiger charge is -2.18. The zero-order valence-electron chi connectivity index (χ0n) is 30.8. The number of carbonyl (C=O) groups excluding carboxylic acids is 3. The van der Waals surface area contributed by atoms with Gasteiger partial charge in [-0.25, -0.2) is 0 Å². The highest BCUT2D eigenvalue weighted by Crippen LogP contribution is 2.38. The van der Waals surface area contributed by atoms with Crippen molar-refractivity contribution in [2.45, 2.75) is 23.6 Å². The summed E-state index contributed by atoms with van der Waals surface area (Å²) in [6, 6.07) is 47.8. The molecule has 0 aliphatic heterocycles. The van der Waals surface area contributed by atoms with Crippen molar-refractivity contribution >= 4 is 74.4 Å². The number of fused-ring (bicyclic) bond motifs is 3. The summed E-state index contributed by atoms with van der Waals surface area (Å²) in [5.74, 6) is -1.05. The average Bonchev–Trinajstić information content (AvgIpc) is 3.53. The largest absolute Gasteiger partial charge is 0.378 e. The second-order valence-corrected chi connectivity index (χ2v) is 14.4. The Labute approximate surface area is 324 Å². The molecule has 0 aliphatic rings. The fourth-order valence-electron chi connectivity index (χ4n) is 6.54. The maximum absolute atomic E-state index is 14.1. The number of para-hydroxylation sites is 1. The Hall–Kier alpha value is -6.58. The van der Waals surface area contributed by atoms with Crippen molar-refractivity contribution in [3.63, 3.8) is 0 Å². The maximum Gasteiger partial charge on any atom is 0.272 e. The highest BCUT2D eigenvalue weighted by molar-refractivity contribution is 8.00. The molecule has 0 saturated heterocycles. The summed E-state index contributed by atoms with van der Waals surface area (Å²) in [6.45, 7) is 2.97. The minimum absolute atomic E-state index is 0.0880. The second kappa shape index (κ2) is 16.6. The summed E-state index contributed by atoms with van der Waals surface area (Å²) < 4.78 is 2.28. The molecule has 8 nitrogen and oxygen atoms in total. The van der Waals surface area contributed by atoms with E-state index >= 15 is 0 Å². The molecule has 0 fully saturated rings. The molecule has 3 N–H and O–H groups in total. The van der Waals surface area contributed by atoms with Crippen LogP contribution in [0.15, 0.2) is 162 Å². The first kappa shape index (κ1) is 36.8. The van der Waals surface area contributed by atoms with Gasteiger partial charge in [-0.15, -0.1) is 11.8 Å². The molecule has 0 radical (unpaired) electrons. The van der Waals surface area contributed by atoms with Gasteiger partial charge in [0.15, 0.2) is 0 Å². The van der Waals surface area contributed by atoms with Gasteiger partial charge in [0, 0.05) is 70.0 Å². The number of thioether (sulfide) groups is 1. The molecular weight excluding hydrogens is 703 g/mol. The standard InChI is InChI=1S/C46H41N5O3S/c1-4-51-41-21-12-11-20-38(41)39-30-35(24-27-42(39)51)48-46(54)43(32-14-7-5-8-15-32)55-37-19-13-18-34(29-37)47-45(53)40(49-44(52)33-16-9-6-10-17-33)28-31-22-25-36(26-23-31)50(2)3/h5-30,43H,4H2,1-3H3,(H,47,53)(H,48,54)(H,49,52)/b40-28+. The number of nitrogens with one attached hydrogen (secondary N) is 3. The number of aryl methyl sites for hydroxylation is 1. The van der Waals surface area contributed by atoms with Gasteiger partial charge in [0.05, 0.1) is 0 Å². The molecule has 1 heterocycles. The third-order valence-electron chi connectivity index (χ3n) is 9.29. The summed E-state index contributed by atoms with van der Waals surface area (Å²) in [6.07, 6.45) is 1.65. The number of hydrogen-bond donors (Lipinski definition) is 3. The number of benzene rings is 6. The van der Waals surface area contributed by atoms with E-state index in [0.717, 1.165) is 50.1 Å². The van der Waals surface area contributed by atoms with Gasteiger partial charge in [0.1, 0.15) is 10.9 Å². The molecule has 1 atom stereocenters. The van der Waals surface area contributed by atoms with E-state index in [2.05, 4.69) is 45.6 Å². The van der Waals surface area contributed by atoms with Crippen molar-refractivity contribution in [3.05, 3.63) is 174 Å². The van der Waals surface area contributed by atoms with Gasteiger partial charge >= 0.3 is 0 Å². The van der Waals surface area contributed by atoms with Gasteiger partial charge in [-0.05, 0) is 90.9 Å². The van der Waals surface area contributed by atoms with Gasteiger partial charge in [0.2, 0.25) is 5.91 Å². The summed E-state index contributed by atoms with van der Waals surface area (Å²) in [7, 11) is 3.91. The van der Waals surface area contributed by atoms with Crippen molar-refractivity contribution in [3.8, 4) is 0 Å². The molecule has 1 aromatic heterocycles. The van der Waals surface area contributed by atoms with E-state index in [4.69, 9.17) is 0 Å². The highest BCUT2D eigenvalue weighted by Gasteiger charge is 2.23. The second-order valence-electron chi connectivity index (χ2n) is 13.2. The normalized spacial score (nSPS) is 11.9. The number of nitrogens with zero attached hydrogens (tertiary/aromatic N) is 2. The predicted octanol–water partition coefficient (Wildman–Crippen LogP) is 9.76. The smallest absolute Gasteiger partial charge is 0.272 e. The lowest BCUT2D eigenvalue weighted by atomic mass is 10.1. The highest BCUT2D eigenvalue weighted by atomic mass is 32.2. The minimum Gasteiger partial charge on any atom is -0.378 e. The average molecular weight is 744 g/mol. The quantitative estimate of drug-likeness (QED) is 0.0856. The van der Waals surface area contributed by atoms with Crippen LogP contribution in [0.3, 0.4) is 0 Å². The Morgan fingerprint density at radius 1 is 0.691 bits per heavy atom. The van der Waals surface area contributed by atoms with Crippen LogP contribution in [0.4, 0.5) is 17.1 Å². The zero-order chi connectivity index (χ0) is 38.3. The van der Waals surface area contributed by atoms with Gasteiger partial charge in [-0.3, -0.25) is 14.4 Å². The van der Waals surface area contributed by atoms with Crippen molar-refractivity contribution < 1.29 is 14.4 Å². The molecule has 0 bridgehead atoms. The van der Waals surface area contributed by atoms with Crippen LogP contribution in [0.25, 0.3) is 27.9 Å². The van der Waals surface area contributed by atoms with Crippen molar-refractivity contribution in [2.75, 3.05) is 29.6 Å². The van der Waals surface area contributed by atoms with Gasteiger partial charge in [-0.2, -0.15) is 0 Å². The van der Waals surface area contributed by atoms with Crippen LogP contribution >= 0.6 is 11.8 Å². The molecule has 274 valence electrons. The van der Waals surface area contributed by atoms with Crippen LogP contribution < -0.4 is 20.9 Å². The number of rotatable bonds is 12. The van der Waals surface area contributed by atoms with E-state index in [1.807, 2.05) is 122 Å². The maximum atomic E-state index is 14.1. The summed E-state index contributed by atoms with van der Waals surface area (Å²) in [4.78, 5) is 43.9. The van der Waals surface area contributed by atoms with Crippen molar-refractivity contribution in [2.24, 2.45) is 0 Å². The Kier molecular flexibility index (Phi) is 11.1. The SMILES string of the molecule is CCn1c2ccccc2c2cc(NC(=O)C(Sc3cccc(NC(=O)/C(=C\c4ccc(N(C)C)cc4)NC(=O)c4ccccc4)c3)c3ccccc3)ccc21. The minimum atomic E-state index is -0.592. The molecule has 7 rings (SSSR count). The topological polar surface area (TPSA) is 95.5 Å². The Morgan fingerprint density at radius 2 is 1.36 bits per heavy atom. The van der Waals surface area contributed by atoms with Crippen LogP contribution in [0.1, 0.15) is 33.7 Å². The monoisotopic (exact) mass is 743 g/mol. The molecule has 7 aromatic rings. The Bertz CT molecular complexity index is 2510. The Balaban J connectivity index is 1.13. The predicted molar refractivity (Wildman–Crippen MR) is 227 cm³/mol. The summed E-state index contributed by atoms with van der Waals surface area (Å²) in [5.41, 5.74) is 6.63. The molecule has 0 aliphatic carbocycles. The van der Waals surface area contributed by atoms with Crippen molar-refractivity contribution in [1.29, 1.82) is 0 Å². The molecule has 9 heteroatoms. The molecule has 0 saturated carbocycles. The van der Waals surface area contributed by atoms with Gasteiger partial charge < -0.3 is 25.4 Å². The van der Waals surface area contributed by atoms with Gasteiger partial charge in [0.25, 0.3) is 11.8 Å².